The molecule has 34 heavy (non-hydrogen) atoms. The van der Waals surface area contributed by atoms with Gasteiger partial charge in [-0.3, -0.25) is 14.6 Å². The van der Waals surface area contributed by atoms with Gasteiger partial charge in [-0.1, -0.05) is 48.0 Å². The van der Waals surface area contributed by atoms with E-state index >= 15 is 0 Å². The van der Waals surface area contributed by atoms with Gasteiger partial charge in [-0.2, -0.15) is 0 Å². The zero-order valence-electron chi connectivity index (χ0n) is 19.6. The van der Waals surface area contributed by atoms with E-state index in [1.54, 1.807) is 17.4 Å². The van der Waals surface area contributed by atoms with Crippen molar-refractivity contribution in [1.82, 2.24) is 19.8 Å². The predicted octanol–water partition coefficient (Wildman–Crippen LogP) is 5.12. The van der Waals surface area contributed by atoms with Crippen LogP contribution in [0.4, 0.5) is 4.39 Å². The lowest BCUT2D eigenvalue weighted by Crippen LogP contribution is -2.31. The van der Waals surface area contributed by atoms with Crippen LogP contribution in [0.5, 0.6) is 0 Å². The van der Waals surface area contributed by atoms with E-state index in [0.717, 1.165) is 59.0 Å². The van der Waals surface area contributed by atoms with Gasteiger partial charge in [0.15, 0.2) is 0 Å². The first-order valence-corrected chi connectivity index (χ1v) is 12.6. The largest absolute Gasteiger partial charge is 0.309 e. The van der Waals surface area contributed by atoms with Gasteiger partial charge >= 0.3 is 0 Å². The average molecular weight is 477 g/mol. The van der Waals surface area contributed by atoms with E-state index in [-0.39, 0.29) is 11.4 Å². The summed E-state index contributed by atoms with van der Waals surface area (Å²) in [6, 6.07) is 15.3. The summed E-state index contributed by atoms with van der Waals surface area (Å²) in [7, 11) is 0. The fourth-order valence-corrected chi connectivity index (χ4v) is 5.79. The first kappa shape index (κ1) is 22.9. The molecule has 1 saturated heterocycles. The number of thiophene rings is 1. The highest BCUT2D eigenvalue weighted by Gasteiger charge is 2.20. The molecule has 7 heteroatoms. The molecule has 5 nitrogen and oxygen atoms in total. The van der Waals surface area contributed by atoms with Crippen molar-refractivity contribution in [3.05, 3.63) is 86.5 Å². The minimum absolute atomic E-state index is 0.0732. The average Bonchev–Trinajstić information content (AvgIpc) is 2.99. The molecule has 0 atom stereocenters. The molecule has 1 aliphatic rings. The Labute approximate surface area is 202 Å². The summed E-state index contributed by atoms with van der Waals surface area (Å²) in [4.78, 5) is 27.5. The Balaban J connectivity index is 1.32. The number of aromatic nitrogens is 2. The maximum atomic E-state index is 14.1. The fraction of sp³-hybridized carbons (Fsp3) is 0.333. The SMILES string of the molecule is Cc1ccc(-c2c(C)sc3nc(CN4CCCN(Cc5ccccc5F)CC4)[nH]c(=O)c23)cc1. The molecule has 4 aromatic rings. The van der Waals surface area contributed by atoms with Gasteiger partial charge in [0, 0.05) is 35.6 Å². The number of fused-ring (bicyclic) bond motifs is 1. The highest BCUT2D eigenvalue weighted by molar-refractivity contribution is 7.19. The second-order valence-corrected chi connectivity index (χ2v) is 10.3. The number of rotatable bonds is 5. The van der Waals surface area contributed by atoms with Gasteiger partial charge in [-0.25, -0.2) is 9.37 Å². The van der Waals surface area contributed by atoms with Crippen LogP contribution in [0.2, 0.25) is 0 Å². The molecule has 5 rings (SSSR count). The van der Waals surface area contributed by atoms with Crippen LogP contribution in [0.25, 0.3) is 21.3 Å². The summed E-state index contributed by atoms with van der Waals surface area (Å²) in [6.45, 7) is 8.91. The van der Waals surface area contributed by atoms with E-state index in [1.807, 2.05) is 12.1 Å². The second kappa shape index (κ2) is 9.78. The van der Waals surface area contributed by atoms with Crippen molar-refractivity contribution >= 4 is 21.6 Å². The summed E-state index contributed by atoms with van der Waals surface area (Å²) in [6.07, 6.45) is 0.997. The smallest absolute Gasteiger partial charge is 0.260 e. The summed E-state index contributed by atoms with van der Waals surface area (Å²) < 4.78 is 14.1. The zero-order valence-corrected chi connectivity index (χ0v) is 20.4. The number of hydrogen-bond acceptors (Lipinski definition) is 5. The molecule has 1 aliphatic heterocycles. The molecule has 0 aliphatic carbocycles. The minimum atomic E-state index is -0.144. The first-order chi connectivity index (χ1) is 16.5. The number of halogens is 1. The highest BCUT2D eigenvalue weighted by atomic mass is 32.1. The molecule has 0 unspecified atom stereocenters. The number of H-pyrrole nitrogens is 1. The van der Waals surface area contributed by atoms with Crippen LogP contribution in [0.15, 0.2) is 53.3 Å². The van der Waals surface area contributed by atoms with Crippen LogP contribution < -0.4 is 5.56 Å². The molecule has 2 aromatic heterocycles. The van der Waals surface area contributed by atoms with Gasteiger partial charge in [0.05, 0.1) is 11.9 Å². The Kier molecular flexibility index (Phi) is 6.59. The second-order valence-electron chi connectivity index (χ2n) is 9.09. The Morgan fingerprint density at radius 2 is 1.68 bits per heavy atom. The van der Waals surface area contributed by atoms with Crippen molar-refractivity contribution < 1.29 is 4.39 Å². The zero-order chi connectivity index (χ0) is 23.7. The van der Waals surface area contributed by atoms with Crippen molar-refractivity contribution in [2.24, 2.45) is 0 Å². The molecule has 0 saturated carbocycles. The van der Waals surface area contributed by atoms with E-state index < -0.39 is 0 Å². The molecule has 0 radical (unpaired) electrons. The number of nitrogens with one attached hydrogen (secondary N) is 1. The summed E-state index contributed by atoms with van der Waals surface area (Å²) in [5.74, 6) is 0.562. The lowest BCUT2D eigenvalue weighted by Gasteiger charge is -2.21. The maximum Gasteiger partial charge on any atom is 0.260 e. The van der Waals surface area contributed by atoms with Crippen LogP contribution in [0, 0.1) is 19.7 Å². The van der Waals surface area contributed by atoms with Gasteiger partial charge in [0.2, 0.25) is 0 Å². The third kappa shape index (κ3) is 4.82. The number of aryl methyl sites for hydroxylation is 2. The summed E-state index contributed by atoms with van der Waals surface area (Å²) in [5.41, 5.74) is 3.90. The Hall–Kier alpha value is -2.87. The van der Waals surface area contributed by atoms with Crippen molar-refractivity contribution in [2.75, 3.05) is 26.2 Å². The number of aromatic amines is 1. The first-order valence-electron chi connectivity index (χ1n) is 11.8. The Morgan fingerprint density at radius 1 is 0.971 bits per heavy atom. The number of nitrogens with zero attached hydrogens (tertiary/aromatic N) is 3. The summed E-state index contributed by atoms with van der Waals surface area (Å²) >= 11 is 1.58. The Morgan fingerprint density at radius 3 is 2.41 bits per heavy atom. The monoisotopic (exact) mass is 476 g/mol. The van der Waals surface area contributed by atoms with Crippen molar-refractivity contribution in [3.8, 4) is 11.1 Å². The number of hydrogen-bond donors (Lipinski definition) is 1. The molecule has 2 aromatic carbocycles. The lowest BCUT2D eigenvalue weighted by molar-refractivity contribution is 0.242. The molecular weight excluding hydrogens is 447 g/mol. The van der Waals surface area contributed by atoms with Crippen molar-refractivity contribution in [3.63, 3.8) is 0 Å². The molecule has 1 fully saturated rings. The van der Waals surface area contributed by atoms with Gasteiger partial charge in [0.25, 0.3) is 5.56 Å². The van der Waals surface area contributed by atoms with E-state index in [9.17, 15) is 9.18 Å². The van der Waals surface area contributed by atoms with E-state index in [2.05, 4.69) is 52.9 Å². The highest BCUT2D eigenvalue weighted by Crippen LogP contribution is 2.35. The van der Waals surface area contributed by atoms with Crippen LogP contribution in [0.3, 0.4) is 0 Å². The van der Waals surface area contributed by atoms with Crippen LogP contribution in [0.1, 0.15) is 28.2 Å². The molecule has 176 valence electrons. The van der Waals surface area contributed by atoms with Gasteiger partial charge < -0.3 is 4.98 Å². The van der Waals surface area contributed by atoms with Crippen LogP contribution in [-0.2, 0) is 13.1 Å². The topological polar surface area (TPSA) is 52.2 Å². The third-order valence-corrected chi connectivity index (χ3v) is 7.53. The normalized spacial score (nSPS) is 15.6. The number of benzene rings is 2. The van der Waals surface area contributed by atoms with Crippen molar-refractivity contribution in [2.45, 2.75) is 33.4 Å². The lowest BCUT2D eigenvalue weighted by atomic mass is 10.0. The van der Waals surface area contributed by atoms with Gasteiger partial charge in [-0.05, 0) is 45.0 Å². The standard InChI is InChI=1S/C27H29FN4OS/c1-18-8-10-20(11-9-18)24-19(2)34-27-25(24)26(33)29-23(30-27)17-32-13-5-12-31(14-15-32)16-21-6-3-4-7-22(21)28/h3-4,6-11H,5,12-17H2,1-2H3,(H,29,30,33). The van der Waals surface area contributed by atoms with Crippen LogP contribution >= 0.6 is 11.3 Å². The fourth-order valence-electron chi connectivity index (χ4n) is 4.73. The van der Waals surface area contributed by atoms with Crippen molar-refractivity contribution in [1.29, 1.82) is 0 Å². The molecule has 0 bridgehead atoms. The van der Waals surface area contributed by atoms with E-state index in [4.69, 9.17) is 4.98 Å². The molecule has 0 amide bonds. The molecular formula is C27H29FN4OS. The molecule has 0 spiro atoms. The molecule has 1 N–H and O–H groups in total. The molecule has 3 heterocycles. The predicted molar refractivity (Wildman–Crippen MR) is 137 cm³/mol. The maximum absolute atomic E-state index is 14.1. The van der Waals surface area contributed by atoms with Crippen LogP contribution in [-0.4, -0.2) is 45.9 Å². The van der Waals surface area contributed by atoms with Gasteiger partial charge in [0.1, 0.15) is 16.5 Å². The van der Waals surface area contributed by atoms with E-state index in [1.165, 1.54) is 11.6 Å². The quantitative estimate of drug-likeness (QED) is 0.435. The third-order valence-electron chi connectivity index (χ3n) is 6.53. The minimum Gasteiger partial charge on any atom is -0.309 e. The van der Waals surface area contributed by atoms with E-state index in [0.29, 0.717) is 24.3 Å². The summed E-state index contributed by atoms with van der Waals surface area (Å²) in [5, 5.41) is 0.682. The Bertz CT molecular complexity index is 1360. The van der Waals surface area contributed by atoms with Gasteiger partial charge in [-0.15, -0.1) is 11.3 Å².